The molecule has 1 aliphatic carbocycles. The molecule has 7 heteroatoms. The summed E-state index contributed by atoms with van der Waals surface area (Å²) >= 11 is 6.03. The number of amides is 1. The normalized spacial score (nSPS) is 15.5. The zero-order chi connectivity index (χ0) is 20.2. The molecule has 0 radical (unpaired) electrons. The van der Waals surface area contributed by atoms with Crippen molar-refractivity contribution in [2.45, 2.75) is 38.3 Å². The third kappa shape index (κ3) is 4.64. The van der Waals surface area contributed by atoms with Crippen molar-refractivity contribution in [3.8, 4) is 17.6 Å². The Balaban J connectivity index is 1.48. The molecule has 2 aromatic rings. The predicted octanol–water partition coefficient (Wildman–Crippen LogP) is 4.32. The van der Waals surface area contributed by atoms with Gasteiger partial charge in [0.05, 0.1) is 17.8 Å². The van der Waals surface area contributed by atoms with Crippen LogP contribution in [0.2, 0.25) is 5.02 Å². The van der Waals surface area contributed by atoms with Crippen LogP contribution in [0.1, 0.15) is 36.8 Å². The first-order chi connectivity index (χ1) is 14.1. The molecule has 6 nitrogen and oxygen atoms in total. The van der Waals surface area contributed by atoms with Gasteiger partial charge in [0.15, 0.2) is 11.5 Å². The summed E-state index contributed by atoms with van der Waals surface area (Å²) in [6.45, 7) is 1.14. The lowest BCUT2D eigenvalue weighted by Crippen LogP contribution is -2.39. The van der Waals surface area contributed by atoms with Gasteiger partial charge in [-0.1, -0.05) is 30.5 Å². The maximum atomic E-state index is 12.8. The van der Waals surface area contributed by atoms with Crippen LogP contribution in [0.3, 0.4) is 0 Å². The number of hydrogen-bond acceptors (Lipinski definition) is 5. The maximum Gasteiger partial charge on any atom is 0.238 e. The molecule has 0 bridgehead atoms. The highest BCUT2D eigenvalue weighted by atomic mass is 35.5. The topological polar surface area (TPSA) is 74.6 Å². The van der Waals surface area contributed by atoms with Gasteiger partial charge in [0.1, 0.15) is 6.07 Å². The Morgan fingerprint density at radius 2 is 1.97 bits per heavy atom. The molecule has 2 aromatic carbocycles. The van der Waals surface area contributed by atoms with Gasteiger partial charge in [0.25, 0.3) is 0 Å². The Labute approximate surface area is 175 Å². The summed E-state index contributed by atoms with van der Waals surface area (Å²) in [6, 6.07) is 13.2. The monoisotopic (exact) mass is 411 g/mol. The number of carbonyl (C=O) groups is 1. The molecule has 1 heterocycles. The van der Waals surface area contributed by atoms with Crippen molar-refractivity contribution in [3.63, 3.8) is 0 Å². The summed E-state index contributed by atoms with van der Waals surface area (Å²) in [5, 5.41) is 12.6. The van der Waals surface area contributed by atoms with E-state index in [1.807, 2.05) is 18.2 Å². The summed E-state index contributed by atoms with van der Waals surface area (Å²) in [6.07, 6.45) is 4.52. The Morgan fingerprint density at radius 3 is 2.76 bits per heavy atom. The first-order valence-corrected chi connectivity index (χ1v) is 10.1. The number of rotatable bonds is 6. The summed E-state index contributed by atoms with van der Waals surface area (Å²) in [5.74, 6) is 1.34. The van der Waals surface area contributed by atoms with Crippen LogP contribution >= 0.6 is 11.6 Å². The van der Waals surface area contributed by atoms with Crippen molar-refractivity contribution < 1.29 is 14.3 Å². The van der Waals surface area contributed by atoms with Gasteiger partial charge in [-0.2, -0.15) is 5.26 Å². The van der Waals surface area contributed by atoms with Gasteiger partial charge in [0, 0.05) is 17.6 Å². The number of benzene rings is 2. The fourth-order valence-electron chi connectivity index (χ4n) is 3.95. The van der Waals surface area contributed by atoms with Crippen molar-refractivity contribution >= 4 is 23.2 Å². The highest BCUT2D eigenvalue weighted by Gasteiger charge is 2.25. The van der Waals surface area contributed by atoms with Gasteiger partial charge in [-0.3, -0.25) is 9.69 Å². The lowest BCUT2D eigenvalue weighted by atomic mass is 10.1. The van der Waals surface area contributed by atoms with Gasteiger partial charge in [-0.05, 0) is 48.7 Å². The molecule has 1 fully saturated rings. The molecular weight excluding hydrogens is 390 g/mol. The molecule has 0 saturated heterocycles. The van der Waals surface area contributed by atoms with E-state index in [9.17, 15) is 10.1 Å². The average Bonchev–Trinajstić information content (AvgIpc) is 3.39. The maximum absolute atomic E-state index is 12.8. The molecule has 2 aliphatic rings. The molecule has 150 valence electrons. The number of carbonyl (C=O) groups excluding carboxylic acids is 1. The highest BCUT2D eigenvalue weighted by Crippen LogP contribution is 2.33. The number of nitriles is 1. The van der Waals surface area contributed by atoms with E-state index >= 15 is 0 Å². The Morgan fingerprint density at radius 1 is 1.17 bits per heavy atom. The van der Waals surface area contributed by atoms with Crippen molar-refractivity contribution in [1.82, 2.24) is 4.90 Å². The third-order valence-electron chi connectivity index (χ3n) is 5.39. The predicted molar refractivity (Wildman–Crippen MR) is 110 cm³/mol. The zero-order valence-corrected chi connectivity index (χ0v) is 16.7. The van der Waals surface area contributed by atoms with E-state index in [2.05, 4.69) is 16.3 Å². The Kier molecular flexibility index (Phi) is 5.89. The largest absolute Gasteiger partial charge is 0.454 e. The number of hydrogen-bond donors (Lipinski definition) is 1. The second-order valence-corrected chi connectivity index (χ2v) is 7.82. The van der Waals surface area contributed by atoms with Crippen LogP contribution < -0.4 is 14.8 Å². The molecule has 1 saturated carbocycles. The molecular formula is C22H22ClN3O3. The van der Waals surface area contributed by atoms with Crippen LogP contribution in [0.5, 0.6) is 11.5 Å². The quantitative estimate of drug-likeness (QED) is 0.766. The number of anilines is 1. The standard InChI is InChI=1S/C22H22ClN3O3/c23-17-7-6-16(11-24)19(10-17)25-22(27)13-26(18-3-1-2-4-18)12-15-5-8-20-21(9-15)29-14-28-20/h5-10,18H,1-4,12-14H2,(H,25,27). The van der Waals surface area contributed by atoms with Crippen molar-refractivity contribution in [1.29, 1.82) is 5.26 Å². The van der Waals surface area contributed by atoms with Crippen LogP contribution in [0.15, 0.2) is 36.4 Å². The van der Waals surface area contributed by atoms with Crippen LogP contribution in [0, 0.1) is 11.3 Å². The molecule has 0 aromatic heterocycles. The minimum atomic E-state index is -0.156. The number of nitrogens with zero attached hydrogens (tertiary/aromatic N) is 2. The zero-order valence-electron chi connectivity index (χ0n) is 16.0. The van der Waals surface area contributed by atoms with Crippen molar-refractivity contribution in [2.24, 2.45) is 0 Å². The van der Waals surface area contributed by atoms with Crippen LogP contribution in [-0.4, -0.2) is 30.2 Å². The fraction of sp³-hybridized carbons (Fsp3) is 0.364. The Hall–Kier alpha value is -2.75. The highest BCUT2D eigenvalue weighted by molar-refractivity contribution is 6.31. The number of fused-ring (bicyclic) bond motifs is 1. The third-order valence-corrected chi connectivity index (χ3v) is 5.62. The minimum absolute atomic E-state index is 0.156. The Bertz CT molecular complexity index is 951. The van der Waals surface area contributed by atoms with E-state index in [-0.39, 0.29) is 19.2 Å². The van der Waals surface area contributed by atoms with E-state index in [4.69, 9.17) is 21.1 Å². The molecule has 29 heavy (non-hydrogen) atoms. The van der Waals surface area contributed by atoms with Crippen LogP contribution in [0.25, 0.3) is 0 Å². The molecule has 0 unspecified atom stereocenters. The molecule has 0 atom stereocenters. The van der Waals surface area contributed by atoms with E-state index in [1.165, 1.54) is 12.8 Å². The van der Waals surface area contributed by atoms with E-state index in [1.54, 1.807) is 18.2 Å². The average molecular weight is 412 g/mol. The smallest absolute Gasteiger partial charge is 0.238 e. The molecule has 0 spiro atoms. The van der Waals surface area contributed by atoms with Gasteiger partial charge >= 0.3 is 0 Å². The summed E-state index contributed by atoms with van der Waals surface area (Å²) in [7, 11) is 0. The van der Waals surface area contributed by atoms with Crippen molar-refractivity contribution in [3.05, 3.63) is 52.5 Å². The first-order valence-electron chi connectivity index (χ1n) is 9.74. The van der Waals surface area contributed by atoms with Gasteiger partial charge in [0.2, 0.25) is 12.7 Å². The first kappa shape index (κ1) is 19.6. The second kappa shape index (κ2) is 8.73. The number of halogens is 1. The lowest BCUT2D eigenvalue weighted by Gasteiger charge is -2.28. The minimum Gasteiger partial charge on any atom is -0.454 e. The molecule has 1 N–H and O–H groups in total. The van der Waals surface area contributed by atoms with Crippen LogP contribution in [0.4, 0.5) is 5.69 Å². The lowest BCUT2D eigenvalue weighted by molar-refractivity contribution is -0.118. The number of ether oxygens (including phenoxy) is 2. The van der Waals surface area contributed by atoms with Gasteiger partial charge < -0.3 is 14.8 Å². The molecule has 1 amide bonds. The molecule has 4 rings (SSSR count). The summed E-state index contributed by atoms with van der Waals surface area (Å²) < 4.78 is 10.9. The van der Waals surface area contributed by atoms with Crippen LogP contribution in [-0.2, 0) is 11.3 Å². The SMILES string of the molecule is N#Cc1ccc(Cl)cc1NC(=O)CN(Cc1ccc2c(c1)OCO2)C1CCCC1. The number of nitrogens with one attached hydrogen (secondary N) is 1. The van der Waals surface area contributed by atoms with Gasteiger partial charge in [-0.25, -0.2) is 0 Å². The summed E-state index contributed by atoms with van der Waals surface area (Å²) in [5.41, 5.74) is 1.92. The molecule has 1 aliphatic heterocycles. The van der Waals surface area contributed by atoms with E-state index < -0.39 is 0 Å². The fourth-order valence-corrected chi connectivity index (χ4v) is 4.12. The second-order valence-electron chi connectivity index (χ2n) is 7.38. The van der Waals surface area contributed by atoms with Gasteiger partial charge in [-0.15, -0.1) is 0 Å². The summed E-state index contributed by atoms with van der Waals surface area (Å²) in [4.78, 5) is 15.0. The van der Waals surface area contributed by atoms with E-state index in [0.29, 0.717) is 28.9 Å². The van der Waals surface area contributed by atoms with E-state index in [0.717, 1.165) is 29.9 Å². The van der Waals surface area contributed by atoms with Crippen molar-refractivity contribution in [2.75, 3.05) is 18.7 Å².